The van der Waals surface area contributed by atoms with Crippen LogP contribution in [0.4, 0.5) is 11.4 Å². The van der Waals surface area contributed by atoms with Gasteiger partial charge >= 0.3 is 0 Å². The van der Waals surface area contributed by atoms with Crippen LogP contribution in [0.1, 0.15) is 22.7 Å². The maximum absolute atomic E-state index is 13.6. The van der Waals surface area contributed by atoms with Crippen LogP contribution >= 0.6 is 11.6 Å². The van der Waals surface area contributed by atoms with Crippen LogP contribution in [0.15, 0.2) is 72.8 Å². The number of hydrogen-bond acceptors (Lipinski definition) is 4. The molecule has 31 heavy (non-hydrogen) atoms. The molecule has 2 aliphatic heterocycles. The fourth-order valence-corrected chi connectivity index (χ4v) is 4.48. The molecule has 0 radical (unpaired) electrons. The third-order valence-electron chi connectivity index (χ3n) is 5.88. The minimum absolute atomic E-state index is 0.248. The number of rotatable bonds is 3. The molecule has 6 heteroatoms. The zero-order chi connectivity index (χ0) is 21.7. The molecule has 2 amide bonds. The molecular weight excluding hydrogens is 412 g/mol. The van der Waals surface area contributed by atoms with E-state index in [9.17, 15) is 9.59 Å². The molecule has 0 bridgehead atoms. The van der Waals surface area contributed by atoms with Gasteiger partial charge in [0, 0.05) is 5.02 Å². The van der Waals surface area contributed by atoms with E-state index in [0.717, 1.165) is 22.4 Å². The Hall–Kier alpha value is -3.15. The van der Waals surface area contributed by atoms with E-state index in [1.807, 2.05) is 68.4 Å². The standard InChI is InChI=1S/C25H21ClN2O3/c1-15-6-8-17(9-7-15)22-21-23(31-28(22)19-12-10-18(26)11-13-19)25(30)27(24(21)29)20-5-3-4-16(2)14-20/h3-14,21-23H,1-2H3. The maximum atomic E-state index is 13.6. The molecule has 2 heterocycles. The number of halogens is 1. The number of hydrogen-bond donors (Lipinski definition) is 0. The normalized spacial score (nSPS) is 22.9. The molecule has 5 nitrogen and oxygen atoms in total. The first-order valence-electron chi connectivity index (χ1n) is 10.2. The van der Waals surface area contributed by atoms with Gasteiger partial charge in [0.2, 0.25) is 5.91 Å². The molecule has 2 saturated heterocycles. The molecule has 3 aromatic rings. The van der Waals surface area contributed by atoms with Gasteiger partial charge in [-0.2, -0.15) is 0 Å². The summed E-state index contributed by atoms with van der Waals surface area (Å²) in [6, 6.07) is 22.1. The van der Waals surface area contributed by atoms with Gasteiger partial charge in [-0.3, -0.25) is 14.4 Å². The van der Waals surface area contributed by atoms with Crippen LogP contribution in [-0.2, 0) is 14.4 Å². The van der Waals surface area contributed by atoms with Crippen LogP contribution in [0.3, 0.4) is 0 Å². The summed E-state index contributed by atoms with van der Waals surface area (Å²) in [5.41, 5.74) is 4.34. The second-order valence-corrected chi connectivity index (χ2v) is 8.50. The molecular formula is C25H21ClN2O3. The molecule has 3 atom stereocenters. The summed E-state index contributed by atoms with van der Waals surface area (Å²) in [6.07, 6.45) is -0.880. The number of nitrogens with zero attached hydrogens (tertiary/aromatic N) is 2. The van der Waals surface area contributed by atoms with Crippen molar-refractivity contribution in [3.8, 4) is 0 Å². The SMILES string of the molecule is Cc1ccc(C2C3C(=O)N(c4cccc(C)c4)C(=O)C3ON2c2ccc(Cl)cc2)cc1. The minimum Gasteiger partial charge on any atom is -0.273 e. The van der Waals surface area contributed by atoms with Crippen molar-refractivity contribution >= 4 is 34.8 Å². The molecule has 3 unspecified atom stereocenters. The zero-order valence-corrected chi connectivity index (χ0v) is 17.9. The van der Waals surface area contributed by atoms with Crippen LogP contribution in [0.25, 0.3) is 0 Å². The summed E-state index contributed by atoms with van der Waals surface area (Å²) < 4.78 is 0. The Morgan fingerprint density at radius 3 is 2.19 bits per heavy atom. The topological polar surface area (TPSA) is 49.9 Å². The summed E-state index contributed by atoms with van der Waals surface area (Å²) in [4.78, 5) is 34.3. The second kappa shape index (κ2) is 7.52. The van der Waals surface area contributed by atoms with E-state index in [-0.39, 0.29) is 11.8 Å². The molecule has 0 aliphatic carbocycles. The van der Waals surface area contributed by atoms with Gasteiger partial charge in [0.25, 0.3) is 5.91 Å². The molecule has 0 spiro atoms. The fraction of sp³-hybridized carbons (Fsp3) is 0.200. The van der Waals surface area contributed by atoms with Crippen LogP contribution < -0.4 is 9.96 Å². The van der Waals surface area contributed by atoms with E-state index in [2.05, 4.69) is 0 Å². The van der Waals surface area contributed by atoms with Crippen molar-refractivity contribution in [2.75, 3.05) is 9.96 Å². The van der Waals surface area contributed by atoms with Gasteiger partial charge in [0.15, 0.2) is 6.10 Å². The number of amides is 2. The molecule has 3 aromatic carbocycles. The van der Waals surface area contributed by atoms with Gasteiger partial charge in [0.05, 0.1) is 17.4 Å². The predicted molar refractivity (Wildman–Crippen MR) is 120 cm³/mol. The third-order valence-corrected chi connectivity index (χ3v) is 6.13. The van der Waals surface area contributed by atoms with E-state index in [4.69, 9.17) is 16.4 Å². The molecule has 2 fully saturated rings. The van der Waals surface area contributed by atoms with Gasteiger partial charge in [-0.15, -0.1) is 0 Å². The Labute approximate surface area is 185 Å². The van der Waals surface area contributed by atoms with Crippen LogP contribution in [-0.4, -0.2) is 17.9 Å². The minimum atomic E-state index is -0.880. The van der Waals surface area contributed by atoms with Crippen molar-refractivity contribution < 1.29 is 14.4 Å². The lowest BCUT2D eigenvalue weighted by Gasteiger charge is -2.29. The maximum Gasteiger partial charge on any atom is 0.266 e. The van der Waals surface area contributed by atoms with Crippen molar-refractivity contribution in [2.45, 2.75) is 26.0 Å². The highest BCUT2D eigenvalue weighted by atomic mass is 35.5. The van der Waals surface area contributed by atoms with Gasteiger partial charge in [-0.1, -0.05) is 53.6 Å². The lowest BCUT2D eigenvalue weighted by Crippen LogP contribution is -2.37. The van der Waals surface area contributed by atoms with Gasteiger partial charge in [-0.05, 0) is 61.4 Å². The molecule has 0 N–H and O–H groups in total. The number of carbonyl (C=O) groups excluding carboxylic acids is 2. The third kappa shape index (κ3) is 3.30. The van der Waals surface area contributed by atoms with Crippen molar-refractivity contribution in [3.63, 3.8) is 0 Å². The molecule has 0 saturated carbocycles. The number of benzene rings is 3. The number of fused-ring (bicyclic) bond motifs is 1. The first kappa shape index (κ1) is 19.8. The fourth-order valence-electron chi connectivity index (χ4n) is 4.35. The van der Waals surface area contributed by atoms with E-state index in [0.29, 0.717) is 10.7 Å². The number of aryl methyl sites for hydroxylation is 2. The lowest BCUT2D eigenvalue weighted by molar-refractivity contribution is -0.126. The first-order chi connectivity index (χ1) is 14.9. The largest absolute Gasteiger partial charge is 0.273 e. The van der Waals surface area contributed by atoms with E-state index in [1.165, 1.54) is 4.90 Å². The molecule has 2 aliphatic rings. The highest BCUT2D eigenvalue weighted by Crippen LogP contribution is 2.47. The number of anilines is 2. The lowest BCUT2D eigenvalue weighted by atomic mass is 9.90. The number of carbonyl (C=O) groups is 2. The van der Waals surface area contributed by atoms with E-state index in [1.54, 1.807) is 23.3 Å². The van der Waals surface area contributed by atoms with Crippen LogP contribution in [0, 0.1) is 19.8 Å². The quantitative estimate of drug-likeness (QED) is 0.546. The van der Waals surface area contributed by atoms with Gasteiger partial charge in [-0.25, -0.2) is 9.96 Å². The van der Waals surface area contributed by atoms with Crippen molar-refractivity contribution in [3.05, 3.63) is 94.5 Å². The van der Waals surface area contributed by atoms with E-state index >= 15 is 0 Å². The smallest absolute Gasteiger partial charge is 0.266 e. The van der Waals surface area contributed by atoms with Crippen LogP contribution in [0.5, 0.6) is 0 Å². The summed E-state index contributed by atoms with van der Waals surface area (Å²) >= 11 is 6.06. The summed E-state index contributed by atoms with van der Waals surface area (Å²) in [5.74, 6) is -1.23. The summed E-state index contributed by atoms with van der Waals surface area (Å²) in [7, 11) is 0. The number of imide groups is 1. The Kier molecular flexibility index (Phi) is 4.80. The van der Waals surface area contributed by atoms with Crippen molar-refractivity contribution in [1.82, 2.24) is 0 Å². The predicted octanol–water partition coefficient (Wildman–Crippen LogP) is 5.01. The number of hydroxylamine groups is 1. The highest BCUT2D eigenvalue weighted by Gasteiger charge is 2.60. The van der Waals surface area contributed by atoms with Gasteiger partial charge < -0.3 is 0 Å². The summed E-state index contributed by atoms with van der Waals surface area (Å²) in [6.45, 7) is 3.95. The Balaban J connectivity index is 1.58. The molecule has 5 rings (SSSR count). The Morgan fingerprint density at radius 1 is 0.806 bits per heavy atom. The Morgan fingerprint density at radius 2 is 1.52 bits per heavy atom. The van der Waals surface area contributed by atoms with Gasteiger partial charge in [0.1, 0.15) is 5.92 Å². The highest BCUT2D eigenvalue weighted by molar-refractivity contribution is 6.30. The van der Waals surface area contributed by atoms with Crippen molar-refractivity contribution in [1.29, 1.82) is 0 Å². The average Bonchev–Trinajstić information content (AvgIpc) is 3.25. The molecule has 156 valence electrons. The monoisotopic (exact) mass is 432 g/mol. The second-order valence-electron chi connectivity index (χ2n) is 8.06. The van der Waals surface area contributed by atoms with Crippen molar-refractivity contribution in [2.24, 2.45) is 5.92 Å². The summed E-state index contributed by atoms with van der Waals surface area (Å²) in [5, 5.41) is 2.28. The average molecular weight is 433 g/mol. The van der Waals surface area contributed by atoms with Crippen LogP contribution in [0.2, 0.25) is 5.02 Å². The zero-order valence-electron chi connectivity index (χ0n) is 17.2. The Bertz CT molecular complexity index is 1160. The first-order valence-corrected chi connectivity index (χ1v) is 10.5. The molecule has 0 aromatic heterocycles. The van der Waals surface area contributed by atoms with E-state index < -0.39 is 18.1 Å².